The zero-order valence-corrected chi connectivity index (χ0v) is 13.4. The molecule has 116 valence electrons. The van der Waals surface area contributed by atoms with Crippen LogP contribution in [0.2, 0.25) is 0 Å². The maximum absolute atomic E-state index is 6.13. The van der Waals surface area contributed by atoms with Gasteiger partial charge in [-0.25, -0.2) is 0 Å². The van der Waals surface area contributed by atoms with Crippen molar-refractivity contribution >= 4 is 5.69 Å². The quantitative estimate of drug-likeness (QED) is 0.922. The third kappa shape index (κ3) is 2.87. The van der Waals surface area contributed by atoms with Crippen molar-refractivity contribution in [2.24, 2.45) is 0 Å². The summed E-state index contributed by atoms with van der Waals surface area (Å²) in [7, 11) is 1.76. The van der Waals surface area contributed by atoms with E-state index in [1.165, 1.54) is 22.4 Å². The summed E-state index contributed by atoms with van der Waals surface area (Å²) in [5.41, 5.74) is 5.65. The number of hydrogen-bond acceptors (Lipinski definition) is 4. The van der Waals surface area contributed by atoms with E-state index in [4.69, 9.17) is 9.47 Å². The SMILES string of the molecule is COCCN1CC(C)Oc2cc3c(c(C)c21)CCNCC3. The number of rotatable bonds is 3. The number of nitrogens with zero attached hydrogens (tertiary/aromatic N) is 1. The molecule has 3 rings (SSSR count). The number of benzene rings is 1. The molecule has 1 aromatic rings. The molecule has 0 aliphatic carbocycles. The Hall–Kier alpha value is -1.26. The van der Waals surface area contributed by atoms with Crippen molar-refractivity contribution in [3.05, 3.63) is 22.8 Å². The molecule has 2 aliphatic heterocycles. The van der Waals surface area contributed by atoms with Gasteiger partial charge in [0.15, 0.2) is 0 Å². The Kier molecular flexibility index (Phi) is 4.36. The smallest absolute Gasteiger partial charge is 0.143 e. The molecule has 2 aliphatic rings. The van der Waals surface area contributed by atoms with Crippen LogP contribution >= 0.6 is 0 Å². The second kappa shape index (κ2) is 6.24. The van der Waals surface area contributed by atoms with Gasteiger partial charge in [-0.15, -0.1) is 0 Å². The van der Waals surface area contributed by atoms with Gasteiger partial charge < -0.3 is 19.7 Å². The molecule has 0 bridgehead atoms. The second-order valence-electron chi connectivity index (χ2n) is 6.10. The lowest BCUT2D eigenvalue weighted by Crippen LogP contribution is -2.40. The summed E-state index contributed by atoms with van der Waals surface area (Å²) in [5, 5.41) is 3.49. The largest absolute Gasteiger partial charge is 0.487 e. The third-order valence-corrected chi connectivity index (χ3v) is 4.54. The summed E-state index contributed by atoms with van der Waals surface area (Å²) in [6, 6.07) is 2.28. The Morgan fingerprint density at radius 2 is 2.19 bits per heavy atom. The Balaban J connectivity index is 2.02. The molecule has 0 saturated carbocycles. The predicted molar refractivity (Wildman–Crippen MR) is 85.6 cm³/mol. The number of nitrogens with one attached hydrogen (secondary N) is 1. The molecule has 0 aromatic heterocycles. The molecule has 1 unspecified atom stereocenters. The second-order valence-corrected chi connectivity index (χ2v) is 6.10. The molecular weight excluding hydrogens is 264 g/mol. The van der Waals surface area contributed by atoms with E-state index in [-0.39, 0.29) is 6.10 Å². The van der Waals surface area contributed by atoms with Crippen LogP contribution in [0.25, 0.3) is 0 Å². The Labute approximate surface area is 127 Å². The highest BCUT2D eigenvalue weighted by molar-refractivity contribution is 5.69. The van der Waals surface area contributed by atoms with Gasteiger partial charge in [0.2, 0.25) is 0 Å². The van der Waals surface area contributed by atoms with Crippen LogP contribution in [-0.2, 0) is 17.6 Å². The average molecular weight is 290 g/mol. The van der Waals surface area contributed by atoms with Gasteiger partial charge in [0, 0.05) is 13.7 Å². The van der Waals surface area contributed by atoms with Gasteiger partial charge in [0.1, 0.15) is 11.9 Å². The van der Waals surface area contributed by atoms with E-state index in [2.05, 4.69) is 30.1 Å². The van der Waals surface area contributed by atoms with Crippen molar-refractivity contribution < 1.29 is 9.47 Å². The first kappa shape index (κ1) is 14.7. The molecular formula is C17H26N2O2. The van der Waals surface area contributed by atoms with Crippen LogP contribution in [0.5, 0.6) is 5.75 Å². The van der Waals surface area contributed by atoms with Crippen LogP contribution in [0, 0.1) is 6.92 Å². The summed E-state index contributed by atoms with van der Waals surface area (Å²) in [6.45, 7) is 9.15. The normalized spacial score (nSPS) is 21.3. The van der Waals surface area contributed by atoms with Crippen LogP contribution in [-0.4, -0.2) is 46.0 Å². The maximum atomic E-state index is 6.13. The molecule has 0 saturated heterocycles. The van der Waals surface area contributed by atoms with Crippen molar-refractivity contribution in [3.63, 3.8) is 0 Å². The number of methoxy groups -OCH3 is 1. The lowest BCUT2D eigenvalue weighted by Gasteiger charge is -2.37. The van der Waals surface area contributed by atoms with E-state index in [1.807, 2.05) is 0 Å². The van der Waals surface area contributed by atoms with E-state index >= 15 is 0 Å². The van der Waals surface area contributed by atoms with Crippen LogP contribution in [0.4, 0.5) is 5.69 Å². The molecule has 0 spiro atoms. The van der Waals surface area contributed by atoms with Gasteiger partial charge in [0.25, 0.3) is 0 Å². The van der Waals surface area contributed by atoms with Crippen LogP contribution in [0.3, 0.4) is 0 Å². The highest BCUT2D eigenvalue weighted by Crippen LogP contribution is 2.40. The van der Waals surface area contributed by atoms with E-state index < -0.39 is 0 Å². The first-order chi connectivity index (χ1) is 10.2. The van der Waals surface area contributed by atoms with Crippen molar-refractivity contribution in [2.45, 2.75) is 32.8 Å². The lowest BCUT2D eigenvalue weighted by molar-refractivity contribution is 0.186. The topological polar surface area (TPSA) is 33.7 Å². The lowest BCUT2D eigenvalue weighted by atomic mass is 9.94. The van der Waals surface area contributed by atoms with Crippen LogP contribution < -0.4 is 15.0 Å². The van der Waals surface area contributed by atoms with Crippen molar-refractivity contribution in [1.82, 2.24) is 5.32 Å². The van der Waals surface area contributed by atoms with Gasteiger partial charge in [-0.2, -0.15) is 0 Å². The number of anilines is 1. The minimum absolute atomic E-state index is 0.232. The zero-order chi connectivity index (χ0) is 14.8. The fraction of sp³-hybridized carbons (Fsp3) is 0.647. The minimum Gasteiger partial charge on any atom is -0.487 e. The number of ether oxygens (including phenoxy) is 2. The molecule has 0 fully saturated rings. The van der Waals surface area contributed by atoms with Gasteiger partial charge >= 0.3 is 0 Å². The first-order valence-electron chi connectivity index (χ1n) is 7.97. The molecule has 2 heterocycles. The maximum Gasteiger partial charge on any atom is 0.143 e. The van der Waals surface area contributed by atoms with Crippen LogP contribution in [0.1, 0.15) is 23.6 Å². The molecule has 1 aromatic carbocycles. The first-order valence-corrected chi connectivity index (χ1v) is 7.97. The van der Waals surface area contributed by atoms with Gasteiger partial charge in [-0.3, -0.25) is 0 Å². The molecule has 4 heteroatoms. The highest BCUT2D eigenvalue weighted by atomic mass is 16.5. The van der Waals surface area contributed by atoms with E-state index in [1.54, 1.807) is 7.11 Å². The zero-order valence-electron chi connectivity index (χ0n) is 13.4. The van der Waals surface area contributed by atoms with Crippen molar-refractivity contribution in [2.75, 3.05) is 44.8 Å². The van der Waals surface area contributed by atoms with Gasteiger partial charge in [-0.1, -0.05) is 0 Å². The van der Waals surface area contributed by atoms with Crippen molar-refractivity contribution in [1.29, 1.82) is 0 Å². The number of fused-ring (bicyclic) bond motifs is 2. The average Bonchev–Trinajstić information content (AvgIpc) is 2.70. The molecule has 0 radical (unpaired) electrons. The fourth-order valence-corrected chi connectivity index (χ4v) is 3.56. The molecule has 1 N–H and O–H groups in total. The molecule has 21 heavy (non-hydrogen) atoms. The third-order valence-electron chi connectivity index (χ3n) is 4.54. The van der Waals surface area contributed by atoms with Gasteiger partial charge in [0.05, 0.1) is 18.8 Å². The van der Waals surface area contributed by atoms with E-state index in [9.17, 15) is 0 Å². The van der Waals surface area contributed by atoms with Gasteiger partial charge in [-0.05, 0) is 62.5 Å². The molecule has 4 nitrogen and oxygen atoms in total. The summed E-state index contributed by atoms with van der Waals surface area (Å²) in [5.74, 6) is 1.06. The van der Waals surface area contributed by atoms with Crippen LogP contribution in [0.15, 0.2) is 6.07 Å². The highest BCUT2D eigenvalue weighted by Gasteiger charge is 2.27. The number of hydrogen-bond donors (Lipinski definition) is 1. The summed E-state index contributed by atoms with van der Waals surface area (Å²) in [6.07, 6.45) is 2.44. The van der Waals surface area contributed by atoms with Crippen molar-refractivity contribution in [3.8, 4) is 5.75 Å². The summed E-state index contributed by atoms with van der Waals surface area (Å²) >= 11 is 0. The van der Waals surface area contributed by atoms with E-state index in [0.29, 0.717) is 0 Å². The molecule has 1 atom stereocenters. The monoisotopic (exact) mass is 290 g/mol. The summed E-state index contributed by atoms with van der Waals surface area (Å²) < 4.78 is 11.4. The Bertz CT molecular complexity index is 516. The summed E-state index contributed by atoms with van der Waals surface area (Å²) in [4.78, 5) is 2.43. The predicted octanol–water partition coefficient (Wildman–Crippen LogP) is 1.92. The fourth-order valence-electron chi connectivity index (χ4n) is 3.56. The van der Waals surface area contributed by atoms with E-state index in [0.717, 1.165) is 51.4 Å². The standard InChI is InChI=1S/C17H26N2O2/c1-12-11-19(8-9-20-3)17-13(2)15-5-7-18-6-4-14(15)10-16(17)21-12/h10,12,18H,4-9,11H2,1-3H3. The molecule has 0 amide bonds. The Morgan fingerprint density at radius 1 is 1.38 bits per heavy atom. The minimum atomic E-state index is 0.232. The Morgan fingerprint density at radius 3 is 3.00 bits per heavy atom.